The van der Waals surface area contributed by atoms with E-state index in [4.69, 9.17) is 0 Å². The highest BCUT2D eigenvalue weighted by Gasteiger charge is 2.10. The van der Waals surface area contributed by atoms with Gasteiger partial charge in [-0.3, -0.25) is 0 Å². The molecule has 3 aromatic carbocycles. The van der Waals surface area contributed by atoms with Crippen molar-refractivity contribution in [2.75, 3.05) is 0 Å². The standard InChI is InChI=1S/C24H19N/c1-2-8-18(9-3-1)19-14-16-20(17-15-19)25-23-12-6-4-10-21(23)22-11-5-7-13-24(22)25/h1-4,6,8-17H,5,7H2. The number of fused-ring (bicyclic) bond motifs is 3. The molecule has 0 N–H and O–H groups in total. The topological polar surface area (TPSA) is 4.93 Å². The maximum Gasteiger partial charge on any atom is 0.0540 e. The van der Waals surface area contributed by atoms with Crippen molar-refractivity contribution in [1.82, 2.24) is 4.57 Å². The van der Waals surface area contributed by atoms with Crippen LogP contribution in [0.2, 0.25) is 0 Å². The minimum atomic E-state index is 1.12. The van der Waals surface area contributed by atoms with E-state index in [2.05, 4.69) is 95.6 Å². The normalized spacial score (nSPS) is 13.1. The summed E-state index contributed by atoms with van der Waals surface area (Å²) in [5.74, 6) is 0. The van der Waals surface area contributed by atoms with Gasteiger partial charge in [-0.15, -0.1) is 0 Å². The van der Waals surface area contributed by atoms with Crippen LogP contribution in [0.5, 0.6) is 0 Å². The molecule has 1 aliphatic rings. The number of rotatable bonds is 2. The van der Waals surface area contributed by atoms with Gasteiger partial charge in [0.15, 0.2) is 0 Å². The van der Waals surface area contributed by atoms with Crippen LogP contribution in [-0.2, 0) is 0 Å². The largest absolute Gasteiger partial charge is 0.310 e. The van der Waals surface area contributed by atoms with Gasteiger partial charge in [0.05, 0.1) is 5.52 Å². The van der Waals surface area contributed by atoms with Gasteiger partial charge < -0.3 is 4.57 Å². The molecular weight excluding hydrogens is 302 g/mol. The Labute approximate surface area is 147 Å². The molecule has 5 rings (SSSR count). The van der Waals surface area contributed by atoms with Crippen LogP contribution in [0.1, 0.15) is 12.8 Å². The minimum Gasteiger partial charge on any atom is -0.310 e. The van der Waals surface area contributed by atoms with Crippen LogP contribution in [0.15, 0.2) is 78.9 Å². The molecule has 1 aromatic heterocycles. The molecule has 1 heteroatoms. The second-order valence-corrected chi connectivity index (χ2v) is 6.55. The lowest BCUT2D eigenvalue weighted by molar-refractivity contribution is 1.02. The van der Waals surface area contributed by atoms with Crippen LogP contribution in [0.4, 0.5) is 0 Å². The first-order valence-electron chi connectivity index (χ1n) is 8.87. The van der Waals surface area contributed by atoms with Gasteiger partial charge >= 0.3 is 0 Å². The molecule has 0 radical (unpaired) electrons. The van der Waals surface area contributed by atoms with Gasteiger partial charge in [-0.25, -0.2) is 0 Å². The second-order valence-electron chi connectivity index (χ2n) is 6.55. The molecule has 0 bridgehead atoms. The summed E-state index contributed by atoms with van der Waals surface area (Å²) >= 11 is 0. The molecule has 1 heterocycles. The minimum absolute atomic E-state index is 1.12. The lowest BCUT2D eigenvalue weighted by Gasteiger charge is -2.09. The number of benzene rings is 3. The Kier molecular flexibility index (Phi) is 3.31. The molecule has 0 amide bonds. The van der Waals surface area contributed by atoms with E-state index in [9.17, 15) is 0 Å². The summed E-state index contributed by atoms with van der Waals surface area (Å²) in [6.45, 7) is 0. The quantitative estimate of drug-likeness (QED) is 0.506. The third-order valence-electron chi connectivity index (χ3n) is 5.04. The van der Waals surface area contributed by atoms with Crippen LogP contribution in [0.3, 0.4) is 0 Å². The van der Waals surface area contributed by atoms with Crippen LogP contribution < -0.4 is 10.6 Å². The first kappa shape index (κ1) is 14.3. The fraction of sp³-hybridized carbons (Fsp3) is 0.0833. The van der Waals surface area contributed by atoms with Crippen molar-refractivity contribution >= 4 is 23.1 Å². The lowest BCUT2D eigenvalue weighted by atomic mass is 10.1. The lowest BCUT2D eigenvalue weighted by Crippen LogP contribution is -2.30. The van der Waals surface area contributed by atoms with Gasteiger partial charge in [0.2, 0.25) is 0 Å². The SMILES string of the molecule is C1=c2c(n(-c3ccc(-c4ccccc4)cc3)c3ccccc23)=CCC1. The molecule has 1 nitrogen and oxygen atoms in total. The van der Waals surface area contributed by atoms with Crippen molar-refractivity contribution < 1.29 is 0 Å². The monoisotopic (exact) mass is 321 g/mol. The number of hydrogen-bond acceptors (Lipinski definition) is 0. The fourth-order valence-electron chi connectivity index (χ4n) is 3.86. The summed E-state index contributed by atoms with van der Waals surface area (Å²) in [7, 11) is 0. The molecule has 0 saturated carbocycles. The molecule has 1 aliphatic carbocycles. The van der Waals surface area contributed by atoms with Crippen LogP contribution in [0, 0.1) is 0 Å². The predicted molar refractivity (Wildman–Crippen MR) is 106 cm³/mol. The fourth-order valence-corrected chi connectivity index (χ4v) is 3.86. The van der Waals surface area contributed by atoms with E-state index in [1.54, 1.807) is 0 Å². The Bertz CT molecular complexity index is 1160. The number of aromatic nitrogens is 1. The molecule has 25 heavy (non-hydrogen) atoms. The van der Waals surface area contributed by atoms with Crippen molar-refractivity contribution in [3.05, 3.63) is 89.4 Å². The highest BCUT2D eigenvalue weighted by Crippen LogP contribution is 2.22. The third kappa shape index (κ3) is 2.32. The summed E-state index contributed by atoms with van der Waals surface area (Å²) < 4.78 is 2.40. The van der Waals surface area contributed by atoms with Crippen molar-refractivity contribution in [3.8, 4) is 16.8 Å². The Morgan fingerprint density at radius 3 is 2.12 bits per heavy atom. The number of hydrogen-bond donors (Lipinski definition) is 0. The number of nitrogens with zero attached hydrogens (tertiary/aromatic N) is 1. The van der Waals surface area contributed by atoms with Crippen LogP contribution in [0.25, 0.3) is 39.9 Å². The van der Waals surface area contributed by atoms with Gasteiger partial charge in [0, 0.05) is 21.6 Å². The van der Waals surface area contributed by atoms with Crippen LogP contribution in [-0.4, -0.2) is 4.57 Å². The molecule has 0 fully saturated rings. The van der Waals surface area contributed by atoms with Gasteiger partial charge in [-0.2, -0.15) is 0 Å². The second kappa shape index (κ2) is 5.78. The van der Waals surface area contributed by atoms with E-state index in [-0.39, 0.29) is 0 Å². The smallest absolute Gasteiger partial charge is 0.0540 e. The summed E-state index contributed by atoms with van der Waals surface area (Å²) in [4.78, 5) is 0. The van der Waals surface area contributed by atoms with Crippen LogP contribution >= 0.6 is 0 Å². The molecule has 0 unspecified atom stereocenters. The average Bonchev–Trinajstić information content (AvgIpc) is 3.03. The summed E-state index contributed by atoms with van der Waals surface area (Å²) in [6.07, 6.45) is 7.01. The zero-order valence-electron chi connectivity index (χ0n) is 14.0. The highest BCUT2D eigenvalue weighted by molar-refractivity contribution is 5.84. The van der Waals surface area contributed by atoms with E-state index >= 15 is 0 Å². The van der Waals surface area contributed by atoms with E-state index in [0.29, 0.717) is 0 Å². The molecule has 4 aromatic rings. The summed E-state index contributed by atoms with van der Waals surface area (Å²) in [6, 6.07) is 28.2. The molecule has 0 atom stereocenters. The van der Waals surface area contributed by atoms with Crippen molar-refractivity contribution in [2.24, 2.45) is 0 Å². The maximum atomic E-state index is 2.40. The summed E-state index contributed by atoms with van der Waals surface area (Å²) in [5, 5.41) is 4.06. The molecule has 0 spiro atoms. The molecule has 120 valence electrons. The zero-order chi connectivity index (χ0) is 16.6. The molecular formula is C24H19N. The van der Waals surface area contributed by atoms with E-state index in [0.717, 1.165) is 12.8 Å². The van der Waals surface area contributed by atoms with Crippen molar-refractivity contribution in [2.45, 2.75) is 12.8 Å². The maximum absolute atomic E-state index is 2.40. The van der Waals surface area contributed by atoms with Gasteiger partial charge in [0.25, 0.3) is 0 Å². The van der Waals surface area contributed by atoms with Crippen molar-refractivity contribution in [3.63, 3.8) is 0 Å². The van der Waals surface area contributed by atoms with E-state index in [1.807, 2.05) is 0 Å². The first-order chi connectivity index (χ1) is 12.4. The number of para-hydroxylation sites is 1. The predicted octanol–water partition coefficient (Wildman–Crippen LogP) is 4.65. The van der Waals surface area contributed by atoms with Gasteiger partial charge in [-0.1, -0.05) is 72.8 Å². The third-order valence-corrected chi connectivity index (χ3v) is 5.04. The Balaban J connectivity index is 1.73. The van der Waals surface area contributed by atoms with Crippen molar-refractivity contribution in [1.29, 1.82) is 0 Å². The Morgan fingerprint density at radius 1 is 0.600 bits per heavy atom. The first-order valence-corrected chi connectivity index (χ1v) is 8.87. The van der Waals surface area contributed by atoms with E-state index in [1.165, 1.54) is 38.3 Å². The highest BCUT2D eigenvalue weighted by atomic mass is 15.0. The Hall–Kier alpha value is -3.06. The summed E-state index contributed by atoms with van der Waals surface area (Å²) in [5.41, 5.74) is 5.02. The average molecular weight is 321 g/mol. The Morgan fingerprint density at radius 2 is 1.28 bits per heavy atom. The molecule has 0 aliphatic heterocycles. The van der Waals surface area contributed by atoms with Gasteiger partial charge in [0.1, 0.15) is 0 Å². The van der Waals surface area contributed by atoms with Gasteiger partial charge in [-0.05, 0) is 42.2 Å². The molecule has 0 saturated heterocycles. The zero-order valence-corrected chi connectivity index (χ0v) is 14.0. The van der Waals surface area contributed by atoms with E-state index < -0.39 is 0 Å².